The maximum absolute atomic E-state index is 11.6. The molecule has 5 N–H and O–H groups in total. The van der Waals surface area contributed by atoms with Crippen molar-refractivity contribution in [3.63, 3.8) is 0 Å². The number of carbonyl (C=O) groups excluding carboxylic acids is 1. The van der Waals surface area contributed by atoms with Gasteiger partial charge < -0.3 is 35.2 Å². The lowest BCUT2D eigenvalue weighted by Crippen LogP contribution is -2.60. The van der Waals surface area contributed by atoms with Gasteiger partial charge in [0, 0.05) is 17.9 Å². The minimum Gasteiger partial charge on any atom is -0.478 e. The van der Waals surface area contributed by atoms with Crippen molar-refractivity contribution in [2.24, 2.45) is 0 Å². The molecule has 0 saturated carbocycles. The molecule has 0 fully saturated rings. The van der Waals surface area contributed by atoms with Gasteiger partial charge in [-0.1, -0.05) is 11.8 Å². The van der Waals surface area contributed by atoms with Gasteiger partial charge in [0.2, 0.25) is 11.7 Å². The molecule has 9 nitrogen and oxygen atoms in total. The number of thiophene rings is 1. The number of carbonyl (C=O) groups is 2. The molecule has 0 aromatic carbocycles. The smallest absolute Gasteiger partial charge is 0.370 e. The first-order chi connectivity index (χ1) is 13.3. The van der Waals surface area contributed by atoms with Crippen molar-refractivity contribution in [2.45, 2.75) is 37.4 Å². The number of carboxylic acids is 1. The molecule has 2 heterocycles. The first kappa shape index (κ1) is 21.9. The number of aliphatic carboxylic acids is 1. The first-order valence-corrected chi connectivity index (χ1v) is 9.26. The molecular formula is C18H21NO8S. The lowest BCUT2D eigenvalue weighted by Gasteiger charge is -2.39. The van der Waals surface area contributed by atoms with Gasteiger partial charge in [-0.3, -0.25) is 4.79 Å². The van der Waals surface area contributed by atoms with E-state index in [-0.39, 0.29) is 6.61 Å². The predicted octanol–water partition coefficient (Wildman–Crippen LogP) is -0.929. The molecule has 0 bridgehead atoms. The minimum atomic E-state index is -1.67. The standard InChI is InChI=1S/C18H21NO8S/c1-10(21)19-15-13(26-5-2-3-11-4-6-28-9-11)7-14(18(24)25)27-17(15)16(23)12(22)8-20/h4,6-7,9,12-13,15-17,20,22-23H,5,8H2,1H3,(H,19,21)(H,24,25)/t12-,13+,15-,16-,17+/m1/s1. The summed E-state index contributed by atoms with van der Waals surface area (Å²) < 4.78 is 10.9. The minimum absolute atomic E-state index is 0.0780. The van der Waals surface area contributed by atoms with E-state index in [9.17, 15) is 24.9 Å². The molecule has 0 radical (unpaired) electrons. The Morgan fingerprint density at radius 1 is 1.43 bits per heavy atom. The van der Waals surface area contributed by atoms with E-state index in [4.69, 9.17) is 14.6 Å². The number of amides is 1. The third-order valence-corrected chi connectivity index (χ3v) is 4.57. The van der Waals surface area contributed by atoms with Crippen LogP contribution in [0.1, 0.15) is 12.5 Å². The maximum Gasteiger partial charge on any atom is 0.370 e. The van der Waals surface area contributed by atoms with Crippen molar-refractivity contribution >= 4 is 23.2 Å². The third-order valence-electron chi connectivity index (χ3n) is 3.89. The van der Waals surface area contributed by atoms with Crippen LogP contribution in [0.4, 0.5) is 0 Å². The summed E-state index contributed by atoms with van der Waals surface area (Å²) in [6.07, 6.45) is -4.48. The van der Waals surface area contributed by atoms with E-state index in [1.165, 1.54) is 18.3 Å². The van der Waals surface area contributed by atoms with Crippen LogP contribution in [0.15, 0.2) is 28.7 Å². The van der Waals surface area contributed by atoms with E-state index in [1.807, 2.05) is 16.8 Å². The van der Waals surface area contributed by atoms with E-state index >= 15 is 0 Å². The summed E-state index contributed by atoms with van der Waals surface area (Å²) in [5.74, 6) is 3.26. The number of aliphatic hydroxyl groups excluding tert-OH is 3. The van der Waals surface area contributed by atoms with Gasteiger partial charge in [-0.2, -0.15) is 11.3 Å². The molecule has 1 aliphatic rings. The molecule has 28 heavy (non-hydrogen) atoms. The highest BCUT2D eigenvalue weighted by Gasteiger charge is 2.44. The van der Waals surface area contributed by atoms with E-state index in [1.54, 1.807) is 0 Å². The number of ether oxygens (including phenoxy) is 2. The Morgan fingerprint density at radius 3 is 2.75 bits per heavy atom. The number of aliphatic hydroxyl groups is 3. The Kier molecular flexibility index (Phi) is 7.98. The molecule has 1 aliphatic heterocycles. The van der Waals surface area contributed by atoms with E-state index in [2.05, 4.69) is 17.2 Å². The molecule has 0 aliphatic carbocycles. The largest absolute Gasteiger partial charge is 0.478 e. The molecule has 10 heteroatoms. The Labute approximate surface area is 165 Å². The Morgan fingerprint density at radius 2 is 2.18 bits per heavy atom. The summed E-state index contributed by atoms with van der Waals surface area (Å²) in [4.78, 5) is 23.0. The monoisotopic (exact) mass is 411 g/mol. The third kappa shape index (κ3) is 5.79. The van der Waals surface area contributed by atoms with Crippen molar-refractivity contribution < 1.29 is 39.5 Å². The molecule has 0 spiro atoms. The Balaban J connectivity index is 2.24. The molecule has 1 aromatic rings. The second-order valence-electron chi connectivity index (χ2n) is 5.97. The molecule has 0 saturated heterocycles. The Bertz CT molecular complexity index is 766. The molecule has 0 unspecified atom stereocenters. The molecule has 152 valence electrons. The summed E-state index contributed by atoms with van der Waals surface area (Å²) >= 11 is 1.49. The average Bonchev–Trinajstić information content (AvgIpc) is 3.17. The highest BCUT2D eigenvalue weighted by atomic mass is 32.1. The first-order valence-electron chi connectivity index (χ1n) is 8.32. The SMILES string of the molecule is CC(=O)N[C@H]1[C@@H]([C@H](O)[C@H](O)CO)OC(C(=O)O)=C[C@@H]1OCC#Cc1ccsc1. The average molecular weight is 411 g/mol. The van der Waals surface area contributed by atoms with Crippen molar-refractivity contribution in [3.8, 4) is 11.8 Å². The summed E-state index contributed by atoms with van der Waals surface area (Å²) in [7, 11) is 0. The fraction of sp³-hybridized carbons (Fsp3) is 0.444. The molecule has 1 amide bonds. The van der Waals surface area contributed by atoms with Gasteiger partial charge in [0.15, 0.2) is 6.10 Å². The van der Waals surface area contributed by atoms with E-state index in [0.29, 0.717) is 0 Å². The van der Waals surface area contributed by atoms with Crippen LogP contribution in [-0.2, 0) is 19.1 Å². The van der Waals surface area contributed by atoms with E-state index in [0.717, 1.165) is 11.6 Å². The van der Waals surface area contributed by atoms with Crippen LogP contribution in [0, 0.1) is 11.8 Å². The van der Waals surface area contributed by atoms with Crippen LogP contribution in [0.5, 0.6) is 0 Å². The van der Waals surface area contributed by atoms with Crippen molar-refractivity contribution in [1.82, 2.24) is 5.32 Å². The van der Waals surface area contributed by atoms with Crippen LogP contribution >= 0.6 is 11.3 Å². The van der Waals surface area contributed by atoms with Crippen LogP contribution in [0.25, 0.3) is 0 Å². The van der Waals surface area contributed by atoms with Gasteiger partial charge in [0.1, 0.15) is 24.9 Å². The van der Waals surface area contributed by atoms with Gasteiger partial charge in [-0.05, 0) is 17.5 Å². The number of hydrogen-bond acceptors (Lipinski definition) is 8. The number of hydrogen-bond donors (Lipinski definition) is 5. The fourth-order valence-electron chi connectivity index (χ4n) is 2.59. The quantitative estimate of drug-likeness (QED) is 0.362. The fourth-order valence-corrected chi connectivity index (χ4v) is 3.18. The lowest BCUT2D eigenvalue weighted by atomic mass is 9.93. The second kappa shape index (κ2) is 10.2. The van der Waals surface area contributed by atoms with Crippen molar-refractivity contribution in [3.05, 3.63) is 34.2 Å². The van der Waals surface area contributed by atoms with Crippen LogP contribution < -0.4 is 5.32 Å². The van der Waals surface area contributed by atoms with Gasteiger partial charge in [-0.15, -0.1) is 0 Å². The van der Waals surface area contributed by atoms with Gasteiger partial charge >= 0.3 is 5.97 Å². The zero-order chi connectivity index (χ0) is 20.7. The predicted molar refractivity (Wildman–Crippen MR) is 98.2 cm³/mol. The maximum atomic E-state index is 11.6. The van der Waals surface area contributed by atoms with Crippen LogP contribution in [-0.4, -0.2) is 76.0 Å². The highest BCUT2D eigenvalue weighted by molar-refractivity contribution is 7.08. The lowest BCUT2D eigenvalue weighted by molar-refractivity contribution is -0.151. The van der Waals surface area contributed by atoms with Crippen molar-refractivity contribution in [2.75, 3.05) is 13.2 Å². The highest BCUT2D eigenvalue weighted by Crippen LogP contribution is 2.24. The molecule has 1 aromatic heterocycles. The number of nitrogens with one attached hydrogen (secondary N) is 1. The molecular weight excluding hydrogens is 390 g/mol. The summed E-state index contributed by atoms with van der Waals surface area (Å²) in [6.45, 7) is 0.374. The zero-order valence-electron chi connectivity index (χ0n) is 14.9. The Hall–Kier alpha value is -2.42. The molecule has 2 rings (SSSR count). The summed E-state index contributed by atoms with van der Waals surface area (Å²) in [5, 5.41) is 44.6. The summed E-state index contributed by atoms with van der Waals surface area (Å²) in [6, 6.07) is 0.817. The zero-order valence-corrected chi connectivity index (χ0v) is 15.8. The van der Waals surface area contributed by atoms with Crippen LogP contribution in [0.2, 0.25) is 0 Å². The molecule has 5 atom stereocenters. The number of carboxylic acid groups (broad SMARTS) is 1. The normalized spacial score (nSPS) is 23.4. The van der Waals surface area contributed by atoms with Crippen LogP contribution in [0.3, 0.4) is 0 Å². The van der Waals surface area contributed by atoms with Gasteiger partial charge in [0.05, 0.1) is 12.6 Å². The number of rotatable bonds is 7. The topological polar surface area (TPSA) is 146 Å². The van der Waals surface area contributed by atoms with Gasteiger partial charge in [0.25, 0.3) is 0 Å². The summed E-state index contributed by atoms with van der Waals surface area (Å²) in [5.41, 5.74) is 0.806. The van der Waals surface area contributed by atoms with Crippen molar-refractivity contribution in [1.29, 1.82) is 0 Å². The second-order valence-corrected chi connectivity index (χ2v) is 6.75. The van der Waals surface area contributed by atoms with Gasteiger partial charge in [-0.25, -0.2) is 4.79 Å². The van der Waals surface area contributed by atoms with E-state index < -0.39 is 54.7 Å².